The van der Waals surface area contributed by atoms with Crippen LogP contribution in [0.15, 0.2) is 53.7 Å². The van der Waals surface area contributed by atoms with Gasteiger partial charge in [0.05, 0.1) is 0 Å². The summed E-state index contributed by atoms with van der Waals surface area (Å²) in [6, 6.07) is 16.8. The van der Waals surface area contributed by atoms with E-state index in [1.165, 1.54) is 11.1 Å². The lowest BCUT2D eigenvalue weighted by Crippen LogP contribution is -2.01. The molecule has 2 aromatic carbocycles. The van der Waals surface area contributed by atoms with Gasteiger partial charge in [0.1, 0.15) is 0 Å². The van der Waals surface area contributed by atoms with Crippen LogP contribution in [0.1, 0.15) is 11.1 Å². The third kappa shape index (κ3) is 2.27. The second kappa shape index (κ2) is 4.86. The molecular formula is C15H15N2S+. The third-order valence-electron chi connectivity index (χ3n) is 3.06. The topological polar surface area (TPSA) is 29.9 Å². The molecule has 18 heavy (non-hydrogen) atoms. The van der Waals surface area contributed by atoms with E-state index >= 15 is 0 Å². The molecule has 0 aliphatic heterocycles. The highest BCUT2D eigenvalue weighted by atomic mass is 32.2. The Morgan fingerprint density at radius 1 is 1.06 bits per heavy atom. The number of imidazole rings is 1. The fourth-order valence-electron chi connectivity index (χ4n) is 1.97. The minimum atomic E-state index is 0.982. The number of para-hydroxylation sites is 2. The molecule has 1 aromatic heterocycles. The summed E-state index contributed by atoms with van der Waals surface area (Å²) in [4.78, 5) is 6.79. The number of aromatic nitrogens is 2. The lowest BCUT2D eigenvalue weighted by molar-refractivity contribution is -0.396. The van der Waals surface area contributed by atoms with Crippen LogP contribution in [0.3, 0.4) is 0 Å². The first-order chi connectivity index (χ1) is 8.83. The first kappa shape index (κ1) is 11.4. The molecule has 0 aliphatic carbocycles. The minimum Gasteiger partial charge on any atom is -0.231 e. The zero-order valence-electron chi connectivity index (χ0n) is 10.2. The van der Waals surface area contributed by atoms with Crippen molar-refractivity contribution in [1.82, 2.24) is 4.98 Å². The molecule has 1 heterocycles. The molecule has 0 amide bonds. The highest BCUT2D eigenvalue weighted by Gasteiger charge is 2.10. The van der Waals surface area contributed by atoms with E-state index in [2.05, 4.69) is 53.3 Å². The van der Waals surface area contributed by atoms with Crippen LogP contribution >= 0.6 is 11.8 Å². The average Bonchev–Trinajstić information content (AvgIpc) is 2.80. The van der Waals surface area contributed by atoms with Gasteiger partial charge in [-0.05, 0) is 41.9 Å². The molecule has 0 unspecified atom stereocenters. The van der Waals surface area contributed by atoms with Gasteiger partial charge in [-0.25, -0.2) is 9.97 Å². The van der Waals surface area contributed by atoms with Crippen LogP contribution < -0.4 is 4.98 Å². The van der Waals surface area contributed by atoms with Gasteiger partial charge in [0.25, 0.3) is 0 Å². The summed E-state index contributed by atoms with van der Waals surface area (Å²) >= 11 is 1.80. The van der Waals surface area contributed by atoms with E-state index in [-0.39, 0.29) is 0 Å². The van der Waals surface area contributed by atoms with Crippen molar-refractivity contribution >= 4 is 22.8 Å². The van der Waals surface area contributed by atoms with Crippen molar-refractivity contribution in [2.45, 2.75) is 17.8 Å². The summed E-state index contributed by atoms with van der Waals surface area (Å²) in [6.45, 7) is 2.16. The first-order valence-electron chi connectivity index (χ1n) is 6.00. The van der Waals surface area contributed by atoms with Crippen molar-refractivity contribution in [2.75, 3.05) is 0 Å². The Kier molecular flexibility index (Phi) is 3.07. The molecule has 90 valence electrons. The van der Waals surface area contributed by atoms with E-state index < -0.39 is 0 Å². The van der Waals surface area contributed by atoms with Crippen LogP contribution in [0.4, 0.5) is 0 Å². The summed E-state index contributed by atoms with van der Waals surface area (Å²) in [7, 11) is 0. The molecule has 0 radical (unpaired) electrons. The van der Waals surface area contributed by atoms with E-state index in [1.54, 1.807) is 11.8 Å². The number of fused-ring (bicyclic) bond motifs is 1. The fourth-order valence-corrected chi connectivity index (χ4v) is 2.96. The summed E-state index contributed by atoms with van der Waals surface area (Å²) in [5, 5.41) is 1.11. The van der Waals surface area contributed by atoms with Gasteiger partial charge in [0, 0.05) is 5.75 Å². The summed E-state index contributed by atoms with van der Waals surface area (Å²) in [6.07, 6.45) is 0. The molecule has 0 saturated carbocycles. The van der Waals surface area contributed by atoms with Crippen molar-refractivity contribution < 1.29 is 4.98 Å². The van der Waals surface area contributed by atoms with Crippen LogP contribution in [-0.4, -0.2) is 4.98 Å². The lowest BCUT2D eigenvalue weighted by Gasteiger charge is -2.01. The van der Waals surface area contributed by atoms with Gasteiger partial charge in [-0.1, -0.05) is 36.4 Å². The predicted octanol–water partition coefficient (Wildman–Crippen LogP) is 3.58. The molecule has 0 aliphatic rings. The standard InChI is InChI=1S/C15H14N2S/c1-11-6-2-3-7-12(11)10-18-15-16-13-8-4-5-9-14(13)17-15/h2-9H,10H2,1H3,(H,16,17)/p+1. The fraction of sp³-hybridized carbons (Fsp3) is 0.133. The number of nitrogens with one attached hydrogen (secondary N) is 2. The Morgan fingerprint density at radius 2 is 1.83 bits per heavy atom. The quantitative estimate of drug-likeness (QED) is 0.712. The number of H-pyrrole nitrogens is 2. The number of benzene rings is 2. The minimum absolute atomic E-state index is 0.982. The molecule has 0 spiro atoms. The number of rotatable bonds is 3. The Morgan fingerprint density at radius 3 is 2.67 bits per heavy atom. The van der Waals surface area contributed by atoms with Gasteiger partial charge >= 0.3 is 5.16 Å². The summed E-state index contributed by atoms with van der Waals surface area (Å²) < 4.78 is 0. The molecule has 2 N–H and O–H groups in total. The largest absolute Gasteiger partial charge is 0.314 e. The molecule has 0 bridgehead atoms. The third-order valence-corrected chi connectivity index (χ3v) is 4.00. The number of aromatic amines is 2. The monoisotopic (exact) mass is 255 g/mol. The molecular weight excluding hydrogens is 240 g/mol. The zero-order chi connectivity index (χ0) is 12.4. The lowest BCUT2D eigenvalue weighted by atomic mass is 10.1. The van der Waals surface area contributed by atoms with Gasteiger partial charge in [0.15, 0.2) is 11.0 Å². The van der Waals surface area contributed by atoms with Crippen molar-refractivity contribution in [3.05, 3.63) is 59.7 Å². The first-order valence-corrected chi connectivity index (χ1v) is 6.99. The average molecular weight is 255 g/mol. The van der Waals surface area contributed by atoms with Gasteiger partial charge in [-0.3, -0.25) is 0 Å². The van der Waals surface area contributed by atoms with Crippen molar-refractivity contribution in [3.63, 3.8) is 0 Å². The SMILES string of the molecule is Cc1ccccc1CSc1[nH]c2ccccc2[nH+]1. The number of hydrogen-bond donors (Lipinski definition) is 1. The molecule has 3 aromatic rings. The molecule has 2 nitrogen and oxygen atoms in total. The van der Waals surface area contributed by atoms with Gasteiger partial charge < -0.3 is 0 Å². The molecule has 3 rings (SSSR count). The normalized spacial score (nSPS) is 10.9. The van der Waals surface area contributed by atoms with Crippen molar-refractivity contribution in [1.29, 1.82) is 0 Å². The molecule has 0 fully saturated rings. The van der Waals surface area contributed by atoms with Gasteiger partial charge in [0.2, 0.25) is 0 Å². The second-order valence-corrected chi connectivity index (χ2v) is 5.33. The van der Waals surface area contributed by atoms with Gasteiger partial charge in [-0.2, -0.15) is 0 Å². The van der Waals surface area contributed by atoms with Crippen LogP contribution in [0.5, 0.6) is 0 Å². The smallest absolute Gasteiger partial charge is 0.231 e. The van der Waals surface area contributed by atoms with E-state index in [9.17, 15) is 0 Å². The molecule has 0 saturated heterocycles. The van der Waals surface area contributed by atoms with E-state index in [4.69, 9.17) is 0 Å². The summed E-state index contributed by atoms with van der Waals surface area (Å²) in [5.41, 5.74) is 5.05. The predicted molar refractivity (Wildman–Crippen MR) is 75.6 cm³/mol. The van der Waals surface area contributed by atoms with E-state index in [0.717, 1.165) is 21.9 Å². The van der Waals surface area contributed by atoms with Crippen LogP contribution in [-0.2, 0) is 5.75 Å². The van der Waals surface area contributed by atoms with Crippen molar-refractivity contribution in [3.8, 4) is 0 Å². The van der Waals surface area contributed by atoms with Crippen LogP contribution in [0, 0.1) is 6.92 Å². The van der Waals surface area contributed by atoms with Crippen molar-refractivity contribution in [2.24, 2.45) is 0 Å². The number of thioether (sulfide) groups is 1. The highest BCUT2D eigenvalue weighted by Crippen LogP contribution is 2.21. The number of aryl methyl sites for hydroxylation is 1. The maximum atomic E-state index is 3.39. The maximum Gasteiger partial charge on any atom is 0.314 e. The maximum absolute atomic E-state index is 3.39. The van der Waals surface area contributed by atoms with E-state index in [1.807, 2.05) is 12.1 Å². The van der Waals surface area contributed by atoms with Gasteiger partial charge in [-0.15, -0.1) is 0 Å². The van der Waals surface area contributed by atoms with Crippen LogP contribution in [0.25, 0.3) is 11.0 Å². The van der Waals surface area contributed by atoms with Crippen LogP contribution in [0.2, 0.25) is 0 Å². The highest BCUT2D eigenvalue weighted by molar-refractivity contribution is 7.98. The molecule has 3 heteroatoms. The van der Waals surface area contributed by atoms with E-state index in [0.29, 0.717) is 0 Å². The molecule has 0 atom stereocenters. The second-order valence-electron chi connectivity index (χ2n) is 4.34. The zero-order valence-corrected chi connectivity index (χ0v) is 11.1. The summed E-state index contributed by atoms with van der Waals surface area (Å²) in [5.74, 6) is 0.982. The Hall–Kier alpha value is -1.74. The Bertz CT molecular complexity index is 640. The Labute approximate surface area is 110 Å². The Balaban J connectivity index is 1.79. The number of hydrogen-bond acceptors (Lipinski definition) is 1.